The number of hydrogen-bond donors (Lipinski definition) is 1. The Kier molecular flexibility index (Phi) is 3.13. The summed E-state index contributed by atoms with van der Waals surface area (Å²) in [5.74, 6) is 1.44. The summed E-state index contributed by atoms with van der Waals surface area (Å²) in [5, 5.41) is 19.1. The summed E-state index contributed by atoms with van der Waals surface area (Å²) in [6.45, 7) is 0. The monoisotopic (exact) mass is 262 g/mol. The summed E-state index contributed by atoms with van der Waals surface area (Å²) in [5.41, 5.74) is 1.64. The zero-order chi connectivity index (χ0) is 13.8. The number of ether oxygens (including phenoxy) is 1. The molecular formula is C15H10N4O. The van der Waals surface area contributed by atoms with Crippen LogP contribution in [0.5, 0.6) is 11.5 Å². The Bertz CT molecular complexity index is 759. The number of aromatic nitrogens is 3. The van der Waals surface area contributed by atoms with E-state index in [1.54, 1.807) is 0 Å². The highest BCUT2D eigenvalue weighted by atomic mass is 16.5. The number of para-hydroxylation sites is 1. The van der Waals surface area contributed by atoms with Crippen LogP contribution >= 0.6 is 0 Å². The first-order valence-corrected chi connectivity index (χ1v) is 6.01. The number of nitrogens with one attached hydrogen (secondary N) is 1. The normalized spacial score (nSPS) is 9.95. The zero-order valence-electron chi connectivity index (χ0n) is 10.4. The van der Waals surface area contributed by atoms with Crippen LogP contribution in [0.3, 0.4) is 0 Å². The number of rotatable bonds is 3. The average Bonchev–Trinajstić information content (AvgIpc) is 2.97. The van der Waals surface area contributed by atoms with Gasteiger partial charge in [0.25, 0.3) is 0 Å². The van der Waals surface area contributed by atoms with Crippen molar-refractivity contribution < 1.29 is 4.74 Å². The Morgan fingerprint density at radius 1 is 1.00 bits per heavy atom. The van der Waals surface area contributed by atoms with E-state index in [0.29, 0.717) is 17.1 Å². The molecule has 0 unspecified atom stereocenters. The lowest BCUT2D eigenvalue weighted by molar-refractivity contribution is 0.483. The molecule has 0 aliphatic heterocycles. The quantitative estimate of drug-likeness (QED) is 0.786. The number of hydrogen-bond acceptors (Lipinski definition) is 4. The largest absolute Gasteiger partial charge is 0.457 e. The minimum atomic E-state index is 0.335. The Morgan fingerprint density at radius 3 is 2.60 bits per heavy atom. The molecule has 1 N–H and O–H groups in total. The Hall–Kier alpha value is -3.13. The lowest BCUT2D eigenvalue weighted by Gasteiger charge is -2.06. The van der Waals surface area contributed by atoms with Crippen molar-refractivity contribution in [3.8, 4) is 28.8 Å². The van der Waals surface area contributed by atoms with Crippen molar-refractivity contribution in [2.24, 2.45) is 0 Å². The predicted molar refractivity (Wildman–Crippen MR) is 73.0 cm³/mol. The van der Waals surface area contributed by atoms with Crippen molar-refractivity contribution in [3.05, 3.63) is 60.3 Å². The van der Waals surface area contributed by atoms with Gasteiger partial charge < -0.3 is 4.74 Å². The van der Waals surface area contributed by atoms with Gasteiger partial charge in [-0.1, -0.05) is 35.5 Å². The van der Waals surface area contributed by atoms with E-state index in [9.17, 15) is 0 Å². The maximum absolute atomic E-state index is 8.98. The Balaban J connectivity index is 1.93. The summed E-state index contributed by atoms with van der Waals surface area (Å²) < 4.78 is 5.75. The lowest BCUT2D eigenvalue weighted by atomic mass is 10.1. The molecule has 0 bridgehead atoms. The number of nitrogens with zero attached hydrogens (tertiary/aromatic N) is 3. The Morgan fingerprint density at radius 2 is 1.80 bits per heavy atom. The molecule has 1 heterocycles. The molecule has 96 valence electrons. The standard InChI is InChI=1S/C15H10N4O/c16-10-14-15(18-19-17-14)11-5-4-8-13(9-11)20-12-6-2-1-3-7-12/h1-9H,(H,17,18,19). The zero-order valence-corrected chi connectivity index (χ0v) is 10.4. The minimum Gasteiger partial charge on any atom is -0.457 e. The number of nitriles is 1. The fraction of sp³-hybridized carbons (Fsp3) is 0. The summed E-state index contributed by atoms with van der Waals surface area (Å²) in [6, 6.07) is 18.9. The van der Waals surface area contributed by atoms with Crippen LogP contribution in [0.2, 0.25) is 0 Å². The topological polar surface area (TPSA) is 74.6 Å². The van der Waals surface area contributed by atoms with Gasteiger partial charge in [-0.3, -0.25) is 0 Å². The van der Waals surface area contributed by atoms with Gasteiger partial charge in [-0.2, -0.15) is 5.26 Å². The summed E-state index contributed by atoms with van der Waals surface area (Å²) in [7, 11) is 0. The van der Waals surface area contributed by atoms with E-state index in [1.165, 1.54) is 0 Å². The molecule has 0 atom stereocenters. The summed E-state index contributed by atoms with van der Waals surface area (Å²) >= 11 is 0. The van der Waals surface area contributed by atoms with Crippen LogP contribution in [-0.2, 0) is 0 Å². The second-order valence-corrected chi connectivity index (χ2v) is 4.09. The fourth-order valence-electron chi connectivity index (χ4n) is 1.84. The maximum Gasteiger partial charge on any atom is 0.163 e. The highest BCUT2D eigenvalue weighted by Gasteiger charge is 2.10. The van der Waals surface area contributed by atoms with E-state index in [1.807, 2.05) is 60.7 Å². The van der Waals surface area contributed by atoms with Gasteiger partial charge in [-0.05, 0) is 24.3 Å². The van der Waals surface area contributed by atoms with Crippen LogP contribution in [0.15, 0.2) is 54.6 Å². The van der Waals surface area contributed by atoms with Crippen LogP contribution in [0.25, 0.3) is 11.3 Å². The maximum atomic E-state index is 8.98. The minimum absolute atomic E-state index is 0.335. The molecule has 1 aromatic heterocycles. The third-order valence-corrected chi connectivity index (χ3v) is 2.75. The molecule has 0 radical (unpaired) electrons. The SMILES string of the molecule is N#Cc1[nH]nnc1-c1cccc(Oc2ccccc2)c1. The molecule has 0 spiro atoms. The number of H-pyrrole nitrogens is 1. The van der Waals surface area contributed by atoms with E-state index in [2.05, 4.69) is 15.4 Å². The van der Waals surface area contributed by atoms with E-state index in [0.717, 1.165) is 11.3 Å². The van der Waals surface area contributed by atoms with Crippen molar-refractivity contribution in [1.82, 2.24) is 15.4 Å². The molecule has 0 saturated heterocycles. The van der Waals surface area contributed by atoms with Crippen LogP contribution in [0.1, 0.15) is 5.69 Å². The molecule has 3 rings (SSSR count). The fourth-order valence-corrected chi connectivity index (χ4v) is 1.84. The van der Waals surface area contributed by atoms with Gasteiger partial charge in [0.05, 0.1) is 0 Å². The van der Waals surface area contributed by atoms with Gasteiger partial charge in [0.2, 0.25) is 0 Å². The average molecular weight is 262 g/mol. The first-order chi connectivity index (χ1) is 9.86. The van der Waals surface area contributed by atoms with Crippen LogP contribution in [0, 0.1) is 11.3 Å². The van der Waals surface area contributed by atoms with E-state index < -0.39 is 0 Å². The van der Waals surface area contributed by atoms with Gasteiger partial charge >= 0.3 is 0 Å². The summed E-state index contributed by atoms with van der Waals surface area (Å²) in [4.78, 5) is 0. The van der Waals surface area contributed by atoms with E-state index in [4.69, 9.17) is 10.00 Å². The molecule has 0 aliphatic carbocycles. The molecular weight excluding hydrogens is 252 g/mol. The molecule has 20 heavy (non-hydrogen) atoms. The van der Waals surface area contributed by atoms with Gasteiger partial charge in [-0.25, -0.2) is 5.10 Å². The van der Waals surface area contributed by atoms with Gasteiger partial charge in [-0.15, -0.1) is 5.10 Å². The first-order valence-electron chi connectivity index (χ1n) is 6.01. The van der Waals surface area contributed by atoms with Crippen LogP contribution in [-0.4, -0.2) is 15.4 Å². The molecule has 3 aromatic rings. The highest BCUT2D eigenvalue weighted by molar-refractivity contribution is 5.65. The van der Waals surface area contributed by atoms with Gasteiger partial charge in [0, 0.05) is 5.56 Å². The molecule has 0 saturated carbocycles. The third-order valence-electron chi connectivity index (χ3n) is 2.75. The molecule has 5 heteroatoms. The molecule has 0 aliphatic rings. The molecule has 0 fully saturated rings. The van der Waals surface area contributed by atoms with Crippen LogP contribution in [0.4, 0.5) is 0 Å². The Labute approximate surface area is 115 Å². The molecule has 0 amide bonds. The van der Waals surface area contributed by atoms with Crippen molar-refractivity contribution in [2.75, 3.05) is 0 Å². The smallest absolute Gasteiger partial charge is 0.163 e. The van der Waals surface area contributed by atoms with E-state index >= 15 is 0 Å². The van der Waals surface area contributed by atoms with Gasteiger partial charge in [0.15, 0.2) is 5.69 Å². The van der Waals surface area contributed by atoms with E-state index in [-0.39, 0.29) is 0 Å². The third kappa shape index (κ3) is 2.35. The second kappa shape index (κ2) is 5.24. The lowest BCUT2D eigenvalue weighted by Crippen LogP contribution is -1.86. The molecule has 2 aromatic carbocycles. The van der Waals surface area contributed by atoms with Gasteiger partial charge in [0.1, 0.15) is 23.3 Å². The van der Waals surface area contributed by atoms with Crippen molar-refractivity contribution >= 4 is 0 Å². The number of benzene rings is 2. The summed E-state index contributed by atoms with van der Waals surface area (Å²) in [6.07, 6.45) is 0. The first kappa shape index (κ1) is 11.9. The van der Waals surface area contributed by atoms with Crippen LogP contribution < -0.4 is 4.74 Å². The predicted octanol–water partition coefficient (Wildman–Crippen LogP) is 3.14. The second-order valence-electron chi connectivity index (χ2n) is 4.09. The van der Waals surface area contributed by atoms with Crippen molar-refractivity contribution in [3.63, 3.8) is 0 Å². The van der Waals surface area contributed by atoms with Crippen molar-refractivity contribution in [1.29, 1.82) is 5.26 Å². The molecule has 5 nitrogen and oxygen atoms in total. The number of aromatic amines is 1. The van der Waals surface area contributed by atoms with Crippen molar-refractivity contribution in [2.45, 2.75) is 0 Å². The highest BCUT2D eigenvalue weighted by Crippen LogP contribution is 2.27.